The van der Waals surface area contributed by atoms with Crippen LogP contribution >= 0.6 is 0 Å². The molecular weight excluding hydrogens is 242 g/mol. The second-order valence-electron chi connectivity index (χ2n) is 4.20. The van der Waals surface area contributed by atoms with Gasteiger partial charge in [-0.15, -0.1) is 0 Å². The Labute approximate surface area is 101 Å². The second kappa shape index (κ2) is 4.75. The van der Waals surface area contributed by atoms with E-state index >= 15 is 0 Å². The van der Waals surface area contributed by atoms with Crippen molar-refractivity contribution >= 4 is 10.0 Å². The number of imidazole rings is 1. The molecule has 0 atom stereocenters. The SMILES string of the molecule is Cc1ncc(S(=O)(=O)N(C)C2CCOCC2)[nH]1. The maximum Gasteiger partial charge on any atom is 0.260 e. The molecule has 0 aliphatic carbocycles. The van der Waals surface area contributed by atoms with Crippen LogP contribution in [-0.4, -0.2) is 49.0 Å². The molecule has 0 spiro atoms. The molecule has 0 aromatic carbocycles. The van der Waals surface area contributed by atoms with Crippen LogP contribution < -0.4 is 0 Å². The Bertz CT molecular complexity index is 477. The van der Waals surface area contributed by atoms with Crippen LogP contribution in [0, 0.1) is 6.92 Å². The average molecular weight is 259 g/mol. The van der Waals surface area contributed by atoms with Gasteiger partial charge in [0.15, 0.2) is 5.03 Å². The van der Waals surface area contributed by atoms with E-state index in [9.17, 15) is 8.42 Å². The smallest absolute Gasteiger partial charge is 0.260 e. The van der Waals surface area contributed by atoms with E-state index in [0.717, 1.165) is 12.8 Å². The van der Waals surface area contributed by atoms with Gasteiger partial charge in [0.05, 0.1) is 6.20 Å². The summed E-state index contributed by atoms with van der Waals surface area (Å²) < 4.78 is 31.2. The number of nitrogens with zero attached hydrogens (tertiary/aromatic N) is 2. The van der Waals surface area contributed by atoms with E-state index in [-0.39, 0.29) is 11.1 Å². The van der Waals surface area contributed by atoms with Crippen molar-refractivity contribution in [3.05, 3.63) is 12.0 Å². The fourth-order valence-corrected chi connectivity index (χ4v) is 3.31. The van der Waals surface area contributed by atoms with Crippen LogP contribution in [-0.2, 0) is 14.8 Å². The summed E-state index contributed by atoms with van der Waals surface area (Å²) in [5.41, 5.74) is 0. The number of aromatic amines is 1. The Morgan fingerprint density at radius 3 is 2.65 bits per heavy atom. The molecule has 0 saturated carbocycles. The summed E-state index contributed by atoms with van der Waals surface area (Å²) >= 11 is 0. The first-order valence-electron chi connectivity index (χ1n) is 5.59. The van der Waals surface area contributed by atoms with Gasteiger partial charge in [-0.1, -0.05) is 0 Å². The molecule has 1 N–H and O–H groups in total. The van der Waals surface area contributed by atoms with Crippen LogP contribution in [0.2, 0.25) is 0 Å². The highest BCUT2D eigenvalue weighted by Crippen LogP contribution is 2.20. The zero-order valence-electron chi connectivity index (χ0n) is 10.0. The van der Waals surface area contributed by atoms with E-state index in [1.807, 2.05) is 0 Å². The number of ether oxygens (including phenoxy) is 1. The lowest BCUT2D eigenvalue weighted by molar-refractivity contribution is 0.0631. The summed E-state index contributed by atoms with van der Waals surface area (Å²) in [6.45, 7) is 2.96. The second-order valence-corrected chi connectivity index (χ2v) is 6.16. The minimum atomic E-state index is -3.46. The Kier molecular flexibility index (Phi) is 3.50. The molecule has 6 nitrogen and oxygen atoms in total. The van der Waals surface area contributed by atoms with Gasteiger partial charge in [0.2, 0.25) is 0 Å². The lowest BCUT2D eigenvalue weighted by Crippen LogP contribution is -2.40. The van der Waals surface area contributed by atoms with Crippen LogP contribution in [0.3, 0.4) is 0 Å². The van der Waals surface area contributed by atoms with E-state index in [2.05, 4.69) is 9.97 Å². The van der Waals surface area contributed by atoms with E-state index in [4.69, 9.17) is 4.74 Å². The van der Waals surface area contributed by atoms with Crippen molar-refractivity contribution in [3.8, 4) is 0 Å². The van der Waals surface area contributed by atoms with Crippen LogP contribution in [0.1, 0.15) is 18.7 Å². The molecule has 0 unspecified atom stereocenters. The molecule has 1 aliphatic heterocycles. The molecule has 7 heteroatoms. The summed E-state index contributed by atoms with van der Waals surface area (Å²) in [6, 6.07) is 0.0114. The third kappa shape index (κ3) is 2.51. The van der Waals surface area contributed by atoms with Crippen molar-refractivity contribution in [2.24, 2.45) is 0 Å². The predicted molar refractivity (Wildman–Crippen MR) is 62.1 cm³/mol. The van der Waals surface area contributed by atoms with Crippen molar-refractivity contribution in [3.63, 3.8) is 0 Å². The van der Waals surface area contributed by atoms with Crippen molar-refractivity contribution in [1.82, 2.24) is 14.3 Å². The molecule has 1 aliphatic rings. The summed E-state index contributed by atoms with van der Waals surface area (Å²) in [6.07, 6.45) is 2.84. The number of hydrogen-bond acceptors (Lipinski definition) is 4. The molecule has 1 aromatic heterocycles. The lowest BCUT2D eigenvalue weighted by Gasteiger charge is -2.29. The Morgan fingerprint density at radius 1 is 1.47 bits per heavy atom. The normalized spacial score (nSPS) is 18.8. The Balaban J connectivity index is 2.20. The first kappa shape index (κ1) is 12.5. The molecule has 17 heavy (non-hydrogen) atoms. The first-order valence-corrected chi connectivity index (χ1v) is 7.03. The zero-order valence-corrected chi connectivity index (χ0v) is 10.8. The highest BCUT2D eigenvalue weighted by atomic mass is 32.2. The van der Waals surface area contributed by atoms with E-state index in [0.29, 0.717) is 19.0 Å². The number of nitrogens with one attached hydrogen (secondary N) is 1. The maximum absolute atomic E-state index is 12.3. The molecule has 2 rings (SSSR count). The topological polar surface area (TPSA) is 75.3 Å². The Hall–Kier alpha value is -0.920. The summed E-state index contributed by atoms with van der Waals surface area (Å²) in [4.78, 5) is 6.69. The minimum Gasteiger partial charge on any atom is -0.381 e. The van der Waals surface area contributed by atoms with Crippen molar-refractivity contribution in [2.45, 2.75) is 30.8 Å². The van der Waals surface area contributed by atoms with E-state index in [1.54, 1.807) is 14.0 Å². The van der Waals surface area contributed by atoms with Gasteiger partial charge >= 0.3 is 0 Å². The minimum absolute atomic E-state index is 0.0114. The summed E-state index contributed by atoms with van der Waals surface area (Å²) in [7, 11) is -1.85. The van der Waals surface area contributed by atoms with Gasteiger partial charge in [-0.3, -0.25) is 0 Å². The lowest BCUT2D eigenvalue weighted by atomic mass is 10.1. The van der Waals surface area contributed by atoms with Gasteiger partial charge < -0.3 is 9.72 Å². The first-order chi connectivity index (χ1) is 8.01. The third-order valence-electron chi connectivity index (χ3n) is 3.04. The van der Waals surface area contributed by atoms with Gasteiger partial charge in [0.25, 0.3) is 10.0 Å². The monoisotopic (exact) mass is 259 g/mol. The maximum atomic E-state index is 12.3. The van der Waals surface area contributed by atoms with Crippen LogP contribution in [0.25, 0.3) is 0 Å². The van der Waals surface area contributed by atoms with Crippen LogP contribution in [0.5, 0.6) is 0 Å². The molecule has 0 amide bonds. The summed E-state index contributed by atoms with van der Waals surface area (Å²) in [5.74, 6) is 0.601. The molecule has 1 aromatic rings. The number of hydrogen-bond donors (Lipinski definition) is 1. The van der Waals surface area contributed by atoms with Gasteiger partial charge in [-0.05, 0) is 19.8 Å². The highest BCUT2D eigenvalue weighted by molar-refractivity contribution is 7.89. The fourth-order valence-electron chi connectivity index (χ4n) is 1.93. The molecule has 96 valence electrons. The number of aryl methyl sites for hydroxylation is 1. The van der Waals surface area contributed by atoms with Crippen molar-refractivity contribution in [2.75, 3.05) is 20.3 Å². The Morgan fingerprint density at radius 2 is 2.12 bits per heavy atom. The van der Waals surface area contributed by atoms with Gasteiger partial charge in [0.1, 0.15) is 5.82 Å². The van der Waals surface area contributed by atoms with Crippen molar-refractivity contribution < 1.29 is 13.2 Å². The number of aromatic nitrogens is 2. The van der Waals surface area contributed by atoms with Gasteiger partial charge in [-0.25, -0.2) is 13.4 Å². The molecule has 1 saturated heterocycles. The molecule has 0 radical (unpaired) electrons. The van der Waals surface area contributed by atoms with Gasteiger partial charge in [-0.2, -0.15) is 4.31 Å². The van der Waals surface area contributed by atoms with Gasteiger partial charge in [0, 0.05) is 26.3 Å². The number of sulfonamides is 1. The summed E-state index contributed by atoms with van der Waals surface area (Å²) in [5, 5.41) is 0.156. The largest absolute Gasteiger partial charge is 0.381 e. The van der Waals surface area contributed by atoms with Crippen molar-refractivity contribution in [1.29, 1.82) is 0 Å². The van der Waals surface area contributed by atoms with E-state index < -0.39 is 10.0 Å². The van der Waals surface area contributed by atoms with E-state index in [1.165, 1.54) is 10.5 Å². The molecule has 0 bridgehead atoms. The highest BCUT2D eigenvalue weighted by Gasteiger charge is 2.30. The average Bonchev–Trinajstić information content (AvgIpc) is 2.77. The number of H-pyrrole nitrogens is 1. The predicted octanol–water partition coefficient (Wildman–Crippen LogP) is 0.518. The quantitative estimate of drug-likeness (QED) is 0.858. The standard InChI is InChI=1S/C10H17N3O3S/c1-8-11-7-10(12-8)17(14,15)13(2)9-3-5-16-6-4-9/h7,9H,3-6H2,1-2H3,(H,11,12). The molecule has 1 fully saturated rings. The van der Waals surface area contributed by atoms with Crippen LogP contribution in [0.15, 0.2) is 11.2 Å². The molecular formula is C10H17N3O3S. The van der Waals surface area contributed by atoms with Crippen LogP contribution in [0.4, 0.5) is 0 Å². The molecule has 2 heterocycles. The zero-order chi connectivity index (χ0) is 12.5. The fraction of sp³-hybridized carbons (Fsp3) is 0.700. The number of rotatable bonds is 3. The third-order valence-corrected chi connectivity index (χ3v) is 4.86.